The number of aliphatic hydroxyl groups is 1. The predicted octanol–water partition coefficient (Wildman–Crippen LogP) is 1.53. The lowest BCUT2D eigenvalue weighted by atomic mass is 9.76. The number of fused-ring (bicyclic) bond motifs is 1. The summed E-state index contributed by atoms with van der Waals surface area (Å²) in [4.78, 5) is 2.47. The van der Waals surface area contributed by atoms with Gasteiger partial charge in [-0.25, -0.2) is 0 Å². The zero-order chi connectivity index (χ0) is 10.9. The first-order valence-corrected chi connectivity index (χ1v) is 6.05. The molecule has 0 aliphatic carbocycles. The fraction of sp³-hybridized carbons (Fsp3) is 0.917. The highest BCUT2D eigenvalue weighted by molar-refractivity contribution is 5.04. The van der Waals surface area contributed by atoms with E-state index in [9.17, 15) is 5.11 Å². The number of nitrogens with zero attached hydrogens (tertiary/aromatic N) is 2. The second-order valence-corrected chi connectivity index (χ2v) is 4.98. The van der Waals surface area contributed by atoms with E-state index in [1.807, 2.05) is 6.92 Å². The van der Waals surface area contributed by atoms with Crippen molar-refractivity contribution in [3.8, 4) is 6.07 Å². The van der Waals surface area contributed by atoms with Crippen molar-refractivity contribution in [3.63, 3.8) is 0 Å². The largest absolute Gasteiger partial charge is 0.388 e. The predicted molar refractivity (Wildman–Crippen MR) is 58.2 cm³/mol. The van der Waals surface area contributed by atoms with Gasteiger partial charge in [-0.05, 0) is 38.6 Å². The molecule has 2 aliphatic rings. The summed E-state index contributed by atoms with van der Waals surface area (Å²) in [6, 6.07) is 2.81. The summed E-state index contributed by atoms with van der Waals surface area (Å²) in [5, 5.41) is 19.6. The lowest BCUT2D eigenvalue weighted by Crippen LogP contribution is -2.51. The van der Waals surface area contributed by atoms with Crippen LogP contribution in [0.5, 0.6) is 0 Å². The molecule has 1 N–H and O–H groups in total. The van der Waals surface area contributed by atoms with Crippen molar-refractivity contribution in [1.82, 2.24) is 4.90 Å². The highest BCUT2D eigenvalue weighted by Crippen LogP contribution is 2.38. The van der Waals surface area contributed by atoms with E-state index in [4.69, 9.17) is 5.26 Å². The average Bonchev–Trinajstić information content (AvgIpc) is 2.66. The highest BCUT2D eigenvalue weighted by Gasteiger charge is 2.44. The molecule has 2 heterocycles. The van der Waals surface area contributed by atoms with Gasteiger partial charge in [-0.1, -0.05) is 6.92 Å². The number of piperidine rings is 1. The zero-order valence-corrected chi connectivity index (χ0v) is 9.45. The van der Waals surface area contributed by atoms with E-state index in [1.165, 1.54) is 19.4 Å². The maximum atomic E-state index is 10.5. The van der Waals surface area contributed by atoms with Crippen molar-refractivity contribution in [1.29, 1.82) is 5.26 Å². The third-order valence-corrected chi connectivity index (χ3v) is 4.13. The van der Waals surface area contributed by atoms with Gasteiger partial charge in [0, 0.05) is 12.6 Å². The summed E-state index contributed by atoms with van der Waals surface area (Å²) in [6.45, 7) is 4.15. The fourth-order valence-electron chi connectivity index (χ4n) is 3.18. The summed E-state index contributed by atoms with van der Waals surface area (Å²) in [7, 11) is 0. The van der Waals surface area contributed by atoms with E-state index >= 15 is 0 Å². The molecule has 0 aromatic carbocycles. The first kappa shape index (κ1) is 10.9. The Kier molecular flexibility index (Phi) is 2.99. The maximum Gasteiger partial charge on any atom is 0.0832 e. The van der Waals surface area contributed by atoms with E-state index in [2.05, 4.69) is 11.0 Å². The molecular formula is C12H20N2O. The van der Waals surface area contributed by atoms with Crippen molar-refractivity contribution >= 4 is 0 Å². The topological polar surface area (TPSA) is 47.3 Å². The molecule has 0 aromatic rings. The summed E-state index contributed by atoms with van der Waals surface area (Å²) in [6.07, 6.45) is 4.79. The molecule has 84 valence electrons. The van der Waals surface area contributed by atoms with Crippen LogP contribution in [0.3, 0.4) is 0 Å². The minimum Gasteiger partial charge on any atom is -0.388 e. The fourth-order valence-corrected chi connectivity index (χ4v) is 3.18. The van der Waals surface area contributed by atoms with E-state index < -0.39 is 5.60 Å². The van der Waals surface area contributed by atoms with Gasteiger partial charge in [-0.15, -0.1) is 0 Å². The molecule has 0 saturated carbocycles. The van der Waals surface area contributed by atoms with Gasteiger partial charge in [0.1, 0.15) is 0 Å². The third-order valence-electron chi connectivity index (χ3n) is 4.13. The minimum absolute atomic E-state index is 0.180. The maximum absolute atomic E-state index is 10.5. The second-order valence-electron chi connectivity index (χ2n) is 4.98. The molecular weight excluding hydrogens is 188 g/mol. The van der Waals surface area contributed by atoms with Crippen molar-refractivity contribution in [3.05, 3.63) is 0 Å². The summed E-state index contributed by atoms with van der Waals surface area (Å²) >= 11 is 0. The second kappa shape index (κ2) is 4.11. The Morgan fingerprint density at radius 1 is 1.60 bits per heavy atom. The van der Waals surface area contributed by atoms with E-state index in [1.54, 1.807) is 0 Å². The van der Waals surface area contributed by atoms with Crippen LogP contribution in [0, 0.1) is 17.2 Å². The molecule has 2 aliphatic heterocycles. The quantitative estimate of drug-likeness (QED) is 0.748. The zero-order valence-electron chi connectivity index (χ0n) is 9.45. The molecule has 3 atom stereocenters. The molecule has 0 aromatic heterocycles. The van der Waals surface area contributed by atoms with Gasteiger partial charge in [0.15, 0.2) is 0 Å². The Bertz CT molecular complexity index is 273. The number of rotatable bonds is 2. The smallest absolute Gasteiger partial charge is 0.0832 e. The Morgan fingerprint density at radius 2 is 2.40 bits per heavy atom. The van der Waals surface area contributed by atoms with Crippen LogP contribution in [0.15, 0.2) is 0 Å². The lowest BCUT2D eigenvalue weighted by molar-refractivity contribution is -0.0646. The first-order chi connectivity index (χ1) is 7.19. The SMILES string of the molecule is CCC(C#N)C1(O)CCN2CCCC2C1. The molecule has 0 spiro atoms. The average molecular weight is 208 g/mol. The summed E-state index contributed by atoms with van der Waals surface area (Å²) < 4.78 is 0. The lowest BCUT2D eigenvalue weighted by Gasteiger charge is -2.42. The van der Waals surface area contributed by atoms with E-state index in [0.717, 1.165) is 25.8 Å². The molecule has 0 bridgehead atoms. The molecule has 3 heteroatoms. The molecule has 0 amide bonds. The Morgan fingerprint density at radius 3 is 3.07 bits per heavy atom. The molecule has 15 heavy (non-hydrogen) atoms. The van der Waals surface area contributed by atoms with Gasteiger partial charge >= 0.3 is 0 Å². The standard InChI is InChI=1S/C12H20N2O/c1-2-10(9-13)12(15)5-7-14-6-3-4-11(14)8-12/h10-11,15H,2-8H2,1H3. The van der Waals surface area contributed by atoms with Gasteiger partial charge in [0.2, 0.25) is 0 Å². The van der Waals surface area contributed by atoms with Crippen molar-refractivity contribution in [2.45, 2.75) is 50.7 Å². The van der Waals surface area contributed by atoms with Gasteiger partial charge in [0.25, 0.3) is 0 Å². The van der Waals surface area contributed by atoms with Crippen LogP contribution >= 0.6 is 0 Å². The van der Waals surface area contributed by atoms with Crippen LogP contribution in [-0.2, 0) is 0 Å². The monoisotopic (exact) mass is 208 g/mol. The Hall–Kier alpha value is -0.590. The van der Waals surface area contributed by atoms with E-state index in [0.29, 0.717) is 6.04 Å². The van der Waals surface area contributed by atoms with Crippen LogP contribution in [0.4, 0.5) is 0 Å². The molecule has 3 nitrogen and oxygen atoms in total. The Balaban J connectivity index is 2.07. The van der Waals surface area contributed by atoms with Crippen LogP contribution in [0.25, 0.3) is 0 Å². The van der Waals surface area contributed by atoms with Gasteiger partial charge in [0.05, 0.1) is 17.6 Å². The van der Waals surface area contributed by atoms with E-state index in [-0.39, 0.29) is 5.92 Å². The number of hydrogen-bond acceptors (Lipinski definition) is 3. The van der Waals surface area contributed by atoms with Crippen LogP contribution < -0.4 is 0 Å². The first-order valence-electron chi connectivity index (χ1n) is 6.05. The molecule has 2 saturated heterocycles. The van der Waals surface area contributed by atoms with Gasteiger partial charge < -0.3 is 10.0 Å². The van der Waals surface area contributed by atoms with Crippen LogP contribution in [-0.4, -0.2) is 34.7 Å². The van der Waals surface area contributed by atoms with Crippen molar-refractivity contribution in [2.75, 3.05) is 13.1 Å². The molecule has 0 radical (unpaired) electrons. The van der Waals surface area contributed by atoms with Gasteiger partial charge in [-0.2, -0.15) is 5.26 Å². The number of hydrogen-bond donors (Lipinski definition) is 1. The van der Waals surface area contributed by atoms with Crippen molar-refractivity contribution in [2.24, 2.45) is 5.92 Å². The highest BCUT2D eigenvalue weighted by atomic mass is 16.3. The normalized spacial score (nSPS) is 38.3. The number of nitriles is 1. The Labute approximate surface area is 91.7 Å². The molecule has 3 unspecified atom stereocenters. The van der Waals surface area contributed by atoms with Crippen LogP contribution in [0.2, 0.25) is 0 Å². The third kappa shape index (κ3) is 1.89. The van der Waals surface area contributed by atoms with Gasteiger partial charge in [-0.3, -0.25) is 0 Å². The summed E-state index contributed by atoms with van der Waals surface area (Å²) in [5.74, 6) is -0.180. The molecule has 2 fully saturated rings. The molecule has 2 rings (SSSR count). The van der Waals surface area contributed by atoms with Crippen LogP contribution in [0.1, 0.15) is 39.0 Å². The van der Waals surface area contributed by atoms with Crippen molar-refractivity contribution < 1.29 is 5.11 Å². The summed E-state index contributed by atoms with van der Waals surface area (Å²) in [5.41, 5.74) is -0.713. The minimum atomic E-state index is -0.713.